The summed E-state index contributed by atoms with van der Waals surface area (Å²) in [7, 11) is 0. The summed E-state index contributed by atoms with van der Waals surface area (Å²) in [5, 5.41) is 0. The highest BCUT2D eigenvalue weighted by Crippen LogP contribution is 2.42. The summed E-state index contributed by atoms with van der Waals surface area (Å²) in [5.74, 6) is 1.33. The molecule has 2 N–H and O–H groups in total. The van der Waals surface area contributed by atoms with Crippen LogP contribution in [0.5, 0.6) is 11.5 Å². The summed E-state index contributed by atoms with van der Waals surface area (Å²) in [6, 6.07) is 3.28. The molecule has 0 radical (unpaired) electrons. The number of amides is 1. The van der Waals surface area contributed by atoms with E-state index >= 15 is 0 Å². The van der Waals surface area contributed by atoms with E-state index in [9.17, 15) is 4.79 Å². The minimum absolute atomic E-state index is 0.122. The Morgan fingerprint density at radius 2 is 1.83 bits per heavy atom. The minimum atomic E-state index is -0.514. The number of carbonyl (C=O) groups excluding carboxylic acids is 1. The number of ether oxygens (including phenoxy) is 2. The standard InChI is InChI=1S/C17H18N4O3/c18-16(22)11-6-13(15-14(7-11)23-10-24-15)12-8-19-17(20-9-12)21-4-2-1-3-5-21/h6-9H,1-5,10H2,(H2,18,22). The van der Waals surface area contributed by atoms with Crippen molar-refractivity contribution >= 4 is 11.9 Å². The number of aromatic nitrogens is 2. The van der Waals surface area contributed by atoms with Gasteiger partial charge < -0.3 is 20.1 Å². The molecule has 7 heteroatoms. The zero-order valence-corrected chi connectivity index (χ0v) is 13.2. The van der Waals surface area contributed by atoms with Crippen LogP contribution in [0.25, 0.3) is 11.1 Å². The van der Waals surface area contributed by atoms with Crippen molar-refractivity contribution in [1.82, 2.24) is 9.97 Å². The maximum atomic E-state index is 11.5. The Balaban J connectivity index is 1.69. The van der Waals surface area contributed by atoms with E-state index in [-0.39, 0.29) is 6.79 Å². The van der Waals surface area contributed by atoms with Crippen molar-refractivity contribution in [3.05, 3.63) is 30.1 Å². The van der Waals surface area contributed by atoms with Crippen LogP contribution >= 0.6 is 0 Å². The van der Waals surface area contributed by atoms with Crippen molar-refractivity contribution in [2.24, 2.45) is 5.73 Å². The molecule has 7 nitrogen and oxygen atoms in total. The van der Waals surface area contributed by atoms with Gasteiger partial charge in [0.25, 0.3) is 0 Å². The second-order valence-corrected chi connectivity index (χ2v) is 5.94. The first-order valence-corrected chi connectivity index (χ1v) is 8.03. The number of nitrogens with two attached hydrogens (primary N) is 1. The summed E-state index contributed by atoms with van der Waals surface area (Å²) in [6.07, 6.45) is 7.10. The lowest BCUT2D eigenvalue weighted by Crippen LogP contribution is -2.30. The van der Waals surface area contributed by atoms with E-state index in [0.717, 1.165) is 24.6 Å². The molecule has 2 aromatic rings. The van der Waals surface area contributed by atoms with Crippen LogP contribution in [-0.4, -0.2) is 35.8 Å². The van der Waals surface area contributed by atoms with Crippen LogP contribution in [0.1, 0.15) is 29.6 Å². The van der Waals surface area contributed by atoms with Crippen LogP contribution in [0, 0.1) is 0 Å². The highest BCUT2D eigenvalue weighted by Gasteiger charge is 2.22. The molecule has 0 bridgehead atoms. The number of benzene rings is 1. The van der Waals surface area contributed by atoms with Gasteiger partial charge in [-0.2, -0.15) is 0 Å². The van der Waals surface area contributed by atoms with Crippen molar-refractivity contribution in [3.63, 3.8) is 0 Å². The second kappa shape index (κ2) is 5.99. The summed E-state index contributed by atoms with van der Waals surface area (Å²) in [6.45, 7) is 2.10. The van der Waals surface area contributed by atoms with Gasteiger partial charge in [-0.3, -0.25) is 4.79 Å². The minimum Gasteiger partial charge on any atom is -0.454 e. The Morgan fingerprint density at radius 1 is 1.08 bits per heavy atom. The smallest absolute Gasteiger partial charge is 0.248 e. The normalized spacial score (nSPS) is 16.2. The fraction of sp³-hybridized carbons (Fsp3) is 0.353. The van der Waals surface area contributed by atoms with Gasteiger partial charge in [-0.05, 0) is 31.4 Å². The van der Waals surface area contributed by atoms with Crippen LogP contribution in [0.2, 0.25) is 0 Å². The average molecular weight is 326 g/mol. The topological polar surface area (TPSA) is 90.6 Å². The largest absolute Gasteiger partial charge is 0.454 e. The van der Waals surface area contributed by atoms with Crippen LogP contribution < -0.4 is 20.1 Å². The second-order valence-electron chi connectivity index (χ2n) is 5.94. The van der Waals surface area contributed by atoms with Gasteiger partial charge in [-0.15, -0.1) is 0 Å². The van der Waals surface area contributed by atoms with Gasteiger partial charge in [0.05, 0.1) is 0 Å². The van der Waals surface area contributed by atoms with Gasteiger partial charge in [0.2, 0.25) is 18.6 Å². The molecular weight excluding hydrogens is 308 g/mol. The molecule has 0 atom stereocenters. The lowest BCUT2D eigenvalue weighted by molar-refractivity contribution is 0.1000. The van der Waals surface area contributed by atoms with Gasteiger partial charge >= 0.3 is 0 Å². The molecule has 4 rings (SSSR count). The van der Waals surface area contributed by atoms with Gasteiger partial charge in [-0.25, -0.2) is 9.97 Å². The number of hydrogen-bond donors (Lipinski definition) is 1. The Hall–Kier alpha value is -2.83. The highest BCUT2D eigenvalue weighted by atomic mass is 16.7. The van der Waals surface area contributed by atoms with Gasteiger partial charge in [0.1, 0.15) is 0 Å². The van der Waals surface area contributed by atoms with E-state index in [1.165, 1.54) is 19.3 Å². The number of fused-ring (bicyclic) bond motifs is 1. The van der Waals surface area contributed by atoms with Gasteiger partial charge in [0.15, 0.2) is 11.5 Å². The molecule has 0 spiro atoms. The Morgan fingerprint density at radius 3 is 2.54 bits per heavy atom. The lowest BCUT2D eigenvalue weighted by Gasteiger charge is -2.26. The Labute approximate surface area is 139 Å². The number of rotatable bonds is 3. The fourth-order valence-corrected chi connectivity index (χ4v) is 3.08. The molecular formula is C17H18N4O3. The molecule has 0 saturated carbocycles. The maximum Gasteiger partial charge on any atom is 0.248 e. The molecule has 1 fully saturated rings. The van der Waals surface area contributed by atoms with Crippen molar-refractivity contribution < 1.29 is 14.3 Å². The number of carbonyl (C=O) groups is 1. The van der Waals surface area contributed by atoms with Crippen LogP contribution in [-0.2, 0) is 0 Å². The SMILES string of the molecule is NC(=O)c1cc2c(c(-c3cnc(N4CCCCC4)nc3)c1)OCO2. The fourth-order valence-electron chi connectivity index (χ4n) is 3.08. The van der Waals surface area contributed by atoms with Crippen LogP contribution in [0.4, 0.5) is 5.95 Å². The van der Waals surface area contributed by atoms with Crippen molar-refractivity contribution in [3.8, 4) is 22.6 Å². The predicted molar refractivity (Wildman–Crippen MR) is 88.2 cm³/mol. The number of nitrogens with zero attached hydrogens (tertiary/aromatic N) is 3. The van der Waals surface area contributed by atoms with Crippen molar-refractivity contribution in [2.75, 3.05) is 24.8 Å². The molecule has 3 heterocycles. The third kappa shape index (κ3) is 2.62. The summed E-state index contributed by atoms with van der Waals surface area (Å²) < 4.78 is 10.9. The molecule has 24 heavy (non-hydrogen) atoms. The molecule has 1 amide bonds. The van der Waals surface area contributed by atoms with Gasteiger partial charge in [0, 0.05) is 42.2 Å². The first-order chi connectivity index (χ1) is 11.7. The van der Waals surface area contributed by atoms with Gasteiger partial charge in [-0.1, -0.05) is 0 Å². The number of piperidine rings is 1. The quantitative estimate of drug-likeness (QED) is 0.927. The Bertz CT molecular complexity index is 770. The van der Waals surface area contributed by atoms with E-state index < -0.39 is 5.91 Å². The van der Waals surface area contributed by atoms with Crippen molar-refractivity contribution in [1.29, 1.82) is 0 Å². The average Bonchev–Trinajstić information content (AvgIpc) is 3.10. The van der Waals surface area contributed by atoms with Crippen LogP contribution in [0.3, 0.4) is 0 Å². The summed E-state index contributed by atoms with van der Waals surface area (Å²) in [4.78, 5) is 22.7. The third-order valence-electron chi connectivity index (χ3n) is 4.35. The third-order valence-corrected chi connectivity index (χ3v) is 4.35. The highest BCUT2D eigenvalue weighted by molar-refractivity contribution is 5.96. The van der Waals surface area contributed by atoms with E-state index in [1.54, 1.807) is 24.5 Å². The molecule has 1 aromatic heterocycles. The van der Waals surface area contributed by atoms with Crippen LogP contribution in [0.15, 0.2) is 24.5 Å². The number of primary amides is 1. The van der Waals surface area contributed by atoms with Crippen molar-refractivity contribution in [2.45, 2.75) is 19.3 Å². The molecule has 124 valence electrons. The summed E-state index contributed by atoms with van der Waals surface area (Å²) >= 11 is 0. The monoisotopic (exact) mass is 326 g/mol. The Kier molecular flexibility index (Phi) is 3.68. The predicted octanol–water partition coefficient (Wildman–Crippen LogP) is 1.96. The maximum absolute atomic E-state index is 11.5. The number of hydrogen-bond acceptors (Lipinski definition) is 6. The zero-order valence-electron chi connectivity index (χ0n) is 13.2. The first kappa shape index (κ1) is 14.7. The number of anilines is 1. The van der Waals surface area contributed by atoms with E-state index in [4.69, 9.17) is 15.2 Å². The van der Waals surface area contributed by atoms with E-state index in [0.29, 0.717) is 22.6 Å². The zero-order chi connectivity index (χ0) is 16.5. The molecule has 1 aromatic carbocycles. The van der Waals surface area contributed by atoms with E-state index in [2.05, 4.69) is 14.9 Å². The molecule has 2 aliphatic heterocycles. The molecule has 2 aliphatic rings. The van der Waals surface area contributed by atoms with E-state index in [1.807, 2.05) is 0 Å². The molecule has 1 saturated heterocycles. The molecule has 0 aliphatic carbocycles. The lowest BCUT2D eigenvalue weighted by atomic mass is 10.0. The molecule has 0 unspecified atom stereocenters. The summed E-state index contributed by atoms with van der Waals surface area (Å²) in [5.41, 5.74) is 7.25. The first-order valence-electron chi connectivity index (χ1n) is 8.03.